The van der Waals surface area contributed by atoms with Gasteiger partial charge in [0.15, 0.2) is 11.6 Å². The lowest BCUT2D eigenvalue weighted by molar-refractivity contribution is 0.110. The van der Waals surface area contributed by atoms with Gasteiger partial charge in [0.2, 0.25) is 0 Å². The molecule has 0 amide bonds. The molecule has 2 saturated heterocycles. The number of hydrogen-bond acceptors (Lipinski definition) is 6. The zero-order chi connectivity index (χ0) is 22.9. The van der Waals surface area contributed by atoms with E-state index in [-0.39, 0.29) is 11.2 Å². The smallest absolute Gasteiger partial charge is 0.182 e. The van der Waals surface area contributed by atoms with Gasteiger partial charge in [-0.2, -0.15) is 5.10 Å². The Hall–Kier alpha value is -3.52. The number of hydrogen-bond donors (Lipinski definition) is 1. The first-order valence-corrected chi connectivity index (χ1v) is 11.8. The molecule has 3 aliphatic rings. The number of rotatable bonds is 4. The minimum atomic E-state index is -0.248. The van der Waals surface area contributed by atoms with Gasteiger partial charge in [-0.1, -0.05) is 42.8 Å². The summed E-state index contributed by atoms with van der Waals surface area (Å²) in [5, 5.41) is 5.70. The number of nitrogens with two attached hydrogens (primary N) is 1. The second-order valence-corrected chi connectivity index (χ2v) is 9.66. The van der Waals surface area contributed by atoms with Crippen LogP contribution in [0.25, 0.3) is 22.4 Å². The average Bonchev–Trinajstić information content (AvgIpc) is 3.52. The van der Waals surface area contributed by atoms with Crippen LogP contribution >= 0.6 is 0 Å². The van der Waals surface area contributed by atoms with Crippen LogP contribution in [0.3, 0.4) is 0 Å². The number of halogens is 1. The van der Waals surface area contributed by atoms with Crippen molar-refractivity contribution in [2.45, 2.75) is 37.9 Å². The molecule has 3 fully saturated rings. The third-order valence-electron chi connectivity index (χ3n) is 7.99. The maximum Gasteiger partial charge on any atom is 0.182 e. The van der Waals surface area contributed by atoms with Crippen LogP contribution in [0.4, 0.5) is 15.9 Å². The van der Waals surface area contributed by atoms with Gasteiger partial charge in [-0.3, -0.25) is 4.68 Å². The Morgan fingerprint density at radius 3 is 2.85 bits per heavy atom. The average molecular weight is 457 g/mol. The normalized spacial score (nSPS) is 25.4. The van der Waals surface area contributed by atoms with Crippen LogP contribution in [-0.4, -0.2) is 45.0 Å². The molecule has 7 rings (SSSR count). The van der Waals surface area contributed by atoms with E-state index in [9.17, 15) is 4.39 Å². The van der Waals surface area contributed by atoms with Crippen LogP contribution in [0, 0.1) is 11.2 Å². The fraction of sp³-hybridized carbons (Fsp3) is 0.346. The molecule has 2 N–H and O–H groups in total. The van der Waals surface area contributed by atoms with Crippen LogP contribution in [0.5, 0.6) is 0 Å². The Kier molecular flexibility index (Phi) is 4.24. The van der Waals surface area contributed by atoms with Gasteiger partial charge >= 0.3 is 0 Å². The highest BCUT2D eigenvalue weighted by molar-refractivity contribution is 5.92. The van der Waals surface area contributed by atoms with Crippen molar-refractivity contribution in [3.63, 3.8) is 0 Å². The predicted molar refractivity (Wildman–Crippen MR) is 128 cm³/mol. The fourth-order valence-corrected chi connectivity index (χ4v) is 6.41. The number of ether oxygens (including phenoxy) is 1. The Bertz CT molecular complexity index is 1400. The number of para-hydroxylation sites is 1. The molecular weight excluding hydrogens is 431 g/mol. The molecule has 2 aliphatic heterocycles. The third-order valence-corrected chi connectivity index (χ3v) is 7.99. The van der Waals surface area contributed by atoms with E-state index < -0.39 is 0 Å². The molecule has 2 aromatic carbocycles. The van der Waals surface area contributed by atoms with Gasteiger partial charge in [0, 0.05) is 22.4 Å². The molecule has 4 aromatic rings. The molecule has 172 valence electrons. The molecular formula is C26H25FN6O. The second-order valence-electron chi connectivity index (χ2n) is 9.66. The third kappa shape index (κ3) is 2.69. The molecule has 34 heavy (non-hydrogen) atoms. The standard InChI is InChI=1S/C26H25FN6O/c27-18-8-3-1-6-16(18)13-32-19-9-4-2-7-17(19)23(31-32)25-29-12-20(24(28)30-25)33-21-10-5-11-26(21)15-34-14-22(26)33/h1-4,6-9,12,21-22H,5,10-11,13-15H2,(H2,28,29,30). The van der Waals surface area contributed by atoms with Crippen molar-refractivity contribution in [1.29, 1.82) is 0 Å². The van der Waals surface area contributed by atoms with Crippen molar-refractivity contribution in [3.05, 3.63) is 66.1 Å². The predicted octanol–water partition coefficient (Wildman–Crippen LogP) is 4.02. The molecule has 3 unspecified atom stereocenters. The Labute approximate surface area is 196 Å². The molecule has 3 atom stereocenters. The minimum Gasteiger partial charge on any atom is -0.382 e. The summed E-state index contributed by atoms with van der Waals surface area (Å²) in [5.41, 5.74) is 9.80. The van der Waals surface area contributed by atoms with Gasteiger partial charge in [0.1, 0.15) is 11.5 Å². The Morgan fingerprint density at radius 2 is 1.97 bits per heavy atom. The maximum absolute atomic E-state index is 14.3. The maximum atomic E-state index is 14.3. The molecule has 2 aromatic heterocycles. The lowest BCUT2D eigenvalue weighted by atomic mass is 9.68. The molecule has 4 heterocycles. The van der Waals surface area contributed by atoms with Gasteiger partial charge < -0.3 is 15.4 Å². The number of nitrogens with zero attached hydrogens (tertiary/aromatic N) is 5. The van der Waals surface area contributed by atoms with Crippen LogP contribution in [0.1, 0.15) is 24.8 Å². The highest BCUT2D eigenvalue weighted by Gasteiger charge is 2.65. The molecule has 0 radical (unpaired) electrons. The first-order valence-electron chi connectivity index (χ1n) is 11.8. The number of nitrogen functional groups attached to an aromatic ring is 1. The van der Waals surface area contributed by atoms with E-state index in [2.05, 4.69) is 4.90 Å². The monoisotopic (exact) mass is 456 g/mol. The molecule has 1 aliphatic carbocycles. The van der Waals surface area contributed by atoms with E-state index in [0.29, 0.717) is 41.5 Å². The van der Waals surface area contributed by atoms with Crippen LogP contribution < -0.4 is 10.6 Å². The lowest BCUT2D eigenvalue weighted by Crippen LogP contribution is -2.69. The summed E-state index contributed by atoms with van der Waals surface area (Å²) in [4.78, 5) is 11.8. The Morgan fingerprint density at radius 1 is 1.12 bits per heavy atom. The van der Waals surface area contributed by atoms with E-state index in [1.54, 1.807) is 16.8 Å². The van der Waals surface area contributed by atoms with Crippen LogP contribution in [-0.2, 0) is 11.3 Å². The topological polar surface area (TPSA) is 82.1 Å². The van der Waals surface area contributed by atoms with E-state index in [0.717, 1.165) is 36.2 Å². The lowest BCUT2D eigenvalue weighted by Gasteiger charge is -2.58. The zero-order valence-electron chi connectivity index (χ0n) is 18.7. The summed E-state index contributed by atoms with van der Waals surface area (Å²) in [6.07, 6.45) is 5.45. The molecule has 1 saturated carbocycles. The summed E-state index contributed by atoms with van der Waals surface area (Å²) in [6.45, 7) is 1.91. The van der Waals surface area contributed by atoms with Crippen LogP contribution in [0.15, 0.2) is 54.7 Å². The molecule has 8 heteroatoms. The summed E-state index contributed by atoms with van der Waals surface area (Å²) in [5.74, 6) is 0.692. The van der Waals surface area contributed by atoms with Crippen molar-refractivity contribution in [2.24, 2.45) is 5.41 Å². The number of aromatic nitrogens is 4. The summed E-state index contributed by atoms with van der Waals surface area (Å²) in [7, 11) is 0. The van der Waals surface area contributed by atoms with Gasteiger partial charge in [-0.15, -0.1) is 0 Å². The van der Waals surface area contributed by atoms with Crippen molar-refractivity contribution in [2.75, 3.05) is 23.8 Å². The quantitative estimate of drug-likeness (QED) is 0.500. The van der Waals surface area contributed by atoms with E-state index in [1.807, 2.05) is 36.5 Å². The Balaban J connectivity index is 1.26. The minimum absolute atomic E-state index is 0.248. The first-order chi connectivity index (χ1) is 16.7. The molecule has 7 nitrogen and oxygen atoms in total. The summed E-state index contributed by atoms with van der Waals surface area (Å²) >= 11 is 0. The van der Waals surface area contributed by atoms with Crippen molar-refractivity contribution in [1.82, 2.24) is 19.7 Å². The van der Waals surface area contributed by atoms with Crippen molar-refractivity contribution < 1.29 is 9.13 Å². The van der Waals surface area contributed by atoms with Crippen molar-refractivity contribution >= 4 is 22.4 Å². The number of anilines is 2. The molecule has 1 spiro atoms. The SMILES string of the molecule is Nc1nc(-c2nn(Cc3ccccc3F)c3ccccc23)ncc1N1C2CCCC23COCC13. The van der Waals surface area contributed by atoms with E-state index >= 15 is 0 Å². The molecule has 0 bridgehead atoms. The van der Waals surface area contributed by atoms with Crippen molar-refractivity contribution in [3.8, 4) is 11.5 Å². The van der Waals surface area contributed by atoms with E-state index in [1.165, 1.54) is 18.9 Å². The number of fused-ring (bicyclic) bond motifs is 1. The van der Waals surface area contributed by atoms with Gasteiger partial charge in [0.05, 0.1) is 43.2 Å². The van der Waals surface area contributed by atoms with Crippen LogP contribution in [0.2, 0.25) is 0 Å². The largest absolute Gasteiger partial charge is 0.382 e. The summed E-state index contributed by atoms with van der Waals surface area (Å²) in [6, 6.07) is 15.4. The zero-order valence-corrected chi connectivity index (χ0v) is 18.7. The first kappa shape index (κ1) is 19.9. The fourth-order valence-electron chi connectivity index (χ4n) is 6.41. The summed E-state index contributed by atoms with van der Waals surface area (Å²) < 4.78 is 22.0. The van der Waals surface area contributed by atoms with Gasteiger partial charge in [-0.25, -0.2) is 14.4 Å². The van der Waals surface area contributed by atoms with Gasteiger partial charge in [-0.05, 0) is 25.0 Å². The number of benzene rings is 2. The second kappa shape index (κ2) is 7.24. The highest BCUT2D eigenvalue weighted by atomic mass is 19.1. The van der Waals surface area contributed by atoms with Gasteiger partial charge in [0.25, 0.3) is 0 Å². The van der Waals surface area contributed by atoms with E-state index in [4.69, 9.17) is 25.5 Å². The highest BCUT2D eigenvalue weighted by Crippen LogP contribution is 2.59.